The van der Waals surface area contributed by atoms with E-state index in [1.165, 1.54) is 30.6 Å². The van der Waals surface area contributed by atoms with Crippen LogP contribution in [0.1, 0.15) is 40.3 Å². The fourth-order valence-electron chi connectivity index (χ4n) is 2.93. The van der Waals surface area contributed by atoms with Crippen molar-refractivity contribution in [1.29, 1.82) is 0 Å². The molecule has 1 fully saturated rings. The summed E-state index contributed by atoms with van der Waals surface area (Å²) in [5.74, 6) is 2.55. The number of nitrogens with one attached hydrogen (secondary N) is 2. The average molecular weight is 359 g/mol. The van der Waals surface area contributed by atoms with E-state index in [9.17, 15) is 4.79 Å². The number of rotatable bonds is 6. The standard InChI is InChI=1S/C18H25N5OS/c1-13-10-15(25-12-13)18(24)20-7-6-19-16-11-17(22-14(2)21-16)23-8-4-3-5-9-23/h10-12H,3-9H2,1-2H3,(H,20,24)(H,19,21,22). The number of carbonyl (C=O) groups is 1. The van der Waals surface area contributed by atoms with Crippen molar-refractivity contribution in [3.63, 3.8) is 0 Å². The highest BCUT2D eigenvalue weighted by Crippen LogP contribution is 2.20. The summed E-state index contributed by atoms with van der Waals surface area (Å²) in [6.45, 7) is 7.22. The van der Waals surface area contributed by atoms with Crippen molar-refractivity contribution in [2.45, 2.75) is 33.1 Å². The van der Waals surface area contributed by atoms with Crippen LogP contribution in [0.5, 0.6) is 0 Å². The van der Waals surface area contributed by atoms with Crippen molar-refractivity contribution < 1.29 is 4.79 Å². The second-order valence-electron chi connectivity index (χ2n) is 6.38. The van der Waals surface area contributed by atoms with Crippen LogP contribution in [0.15, 0.2) is 17.5 Å². The van der Waals surface area contributed by atoms with E-state index in [4.69, 9.17) is 0 Å². The maximum absolute atomic E-state index is 12.0. The Kier molecular flexibility index (Phi) is 5.86. The van der Waals surface area contributed by atoms with Crippen LogP contribution in [-0.2, 0) is 0 Å². The van der Waals surface area contributed by atoms with E-state index in [0.29, 0.717) is 13.1 Å². The third-order valence-electron chi connectivity index (χ3n) is 4.18. The Hall–Kier alpha value is -2.15. The Morgan fingerprint density at radius 1 is 1.16 bits per heavy atom. The van der Waals surface area contributed by atoms with Crippen LogP contribution in [0.25, 0.3) is 0 Å². The summed E-state index contributed by atoms with van der Waals surface area (Å²) < 4.78 is 0. The molecule has 0 atom stereocenters. The zero-order valence-corrected chi connectivity index (χ0v) is 15.7. The van der Waals surface area contributed by atoms with Gasteiger partial charge in [0.05, 0.1) is 4.88 Å². The molecule has 3 heterocycles. The molecule has 2 N–H and O–H groups in total. The number of amides is 1. The van der Waals surface area contributed by atoms with Gasteiger partial charge in [0.1, 0.15) is 17.5 Å². The SMILES string of the molecule is Cc1csc(C(=O)NCCNc2cc(N3CCCCC3)nc(C)n2)c1. The second kappa shape index (κ2) is 8.29. The van der Waals surface area contributed by atoms with Crippen LogP contribution in [0.3, 0.4) is 0 Å². The van der Waals surface area contributed by atoms with E-state index >= 15 is 0 Å². The summed E-state index contributed by atoms with van der Waals surface area (Å²) in [7, 11) is 0. The van der Waals surface area contributed by atoms with Crippen molar-refractivity contribution in [3.8, 4) is 0 Å². The van der Waals surface area contributed by atoms with E-state index in [-0.39, 0.29) is 5.91 Å². The highest BCUT2D eigenvalue weighted by atomic mass is 32.1. The van der Waals surface area contributed by atoms with Crippen molar-refractivity contribution in [1.82, 2.24) is 15.3 Å². The Bertz CT molecular complexity index is 724. The predicted molar refractivity (Wildman–Crippen MR) is 103 cm³/mol. The van der Waals surface area contributed by atoms with Gasteiger partial charge in [-0.2, -0.15) is 0 Å². The highest BCUT2D eigenvalue weighted by Gasteiger charge is 2.14. The maximum atomic E-state index is 12.0. The number of aromatic nitrogens is 2. The van der Waals surface area contributed by atoms with Crippen molar-refractivity contribution in [3.05, 3.63) is 33.8 Å². The number of aryl methyl sites for hydroxylation is 2. The van der Waals surface area contributed by atoms with Crippen LogP contribution in [0.4, 0.5) is 11.6 Å². The van der Waals surface area contributed by atoms with Crippen LogP contribution in [0, 0.1) is 13.8 Å². The molecule has 134 valence electrons. The zero-order chi connectivity index (χ0) is 17.6. The molecule has 0 unspecified atom stereocenters. The van der Waals surface area contributed by atoms with E-state index in [1.807, 2.05) is 31.4 Å². The van der Waals surface area contributed by atoms with Gasteiger partial charge in [0.15, 0.2) is 0 Å². The molecule has 25 heavy (non-hydrogen) atoms. The lowest BCUT2D eigenvalue weighted by molar-refractivity contribution is 0.0959. The van der Waals surface area contributed by atoms with Crippen LogP contribution >= 0.6 is 11.3 Å². The van der Waals surface area contributed by atoms with Crippen molar-refractivity contribution >= 4 is 28.9 Å². The minimum absolute atomic E-state index is 0.0206. The molecule has 0 bridgehead atoms. The molecule has 1 saturated heterocycles. The van der Waals surface area contributed by atoms with Gasteiger partial charge in [0, 0.05) is 32.2 Å². The Morgan fingerprint density at radius 2 is 1.96 bits per heavy atom. The summed E-state index contributed by atoms with van der Waals surface area (Å²) in [6.07, 6.45) is 3.75. The third-order valence-corrected chi connectivity index (χ3v) is 5.22. The lowest BCUT2D eigenvalue weighted by Gasteiger charge is -2.28. The molecule has 6 nitrogen and oxygen atoms in total. The van der Waals surface area contributed by atoms with Crippen molar-refractivity contribution in [2.24, 2.45) is 0 Å². The van der Waals surface area contributed by atoms with Gasteiger partial charge in [-0.25, -0.2) is 9.97 Å². The minimum Gasteiger partial charge on any atom is -0.368 e. The van der Waals surface area contributed by atoms with E-state index < -0.39 is 0 Å². The van der Waals surface area contributed by atoms with Crippen molar-refractivity contribution in [2.75, 3.05) is 36.4 Å². The van der Waals surface area contributed by atoms with Crippen LogP contribution < -0.4 is 15.5 Å². The molecule has 7 heteroatoms. The summed E-state index contributed by atoms with van der Waals surface area (Å²) in [4.78, 5) is 24.1. The minimum atomic E-state index is -0.0206. The molecule has 1 amide bonds. The second-order valence-corrected chi connectivity index (χ2v) is 7.29. The molecule has 1 aliphatic heterocycles. The monoisotopic (exact) mass is 359 g/mol. The molecule has 0 saturated carbocycles. The first-order valence-corrected chi connectivity index (χ1v) is 9.67. The first-order valence-electron chi connectivity index (χ1n) is 8.79. The molecule has 2 aromatic heterocycles. The number of hydrogen-bond donors (Lipinski definition) is 2. The summed E-state index contributed by atoms with van der Waals surface area (Å²) in [6, 6.07) is 3.91. The number of thiophene rings is 1. The number of anilines is 2. The summed E-state index contributed by atoms with van der Waals surface area (Å²) >= 11 is 1.47. The van der Waals surface area contributed by atoms with Gasteiger partial charge in [-0.3, -0.25) is 4.79 Å². The van der Waals surface area contributed by atoms with Gasteiger partial charge in [0.2, 0.25) is 0 Å². The molecule has 0 radical (unpaired) electrons. The summed E-state index contributed by atoms with van der Waals surface area (Å²) in [5.41, 5.74) is 1.12. The number of carbonyl (C=O) groups excluding carboxylic acids is 1. The highest BCUT2D eigenvalue weighted by molar-refractivity contribution is 7.12. The third kappa shape index (κ3) is 4.92. The normalized spacial score (nSPS) is 14.4. The molecular weight excluding hydrogens is 334 g/mol. The van der Waals surface area contributed by atoms with Gasteiger partial charge < -0.3 is 15.5 Å². The lowest BCUT2D eigenvalue weighted by atomic mass is 10.1. The average Bonchev–Trinajstić information content (AvgIpc) is 3.05. The molecule has 3 rings (SSSR count). The lowest BCUT2D eigenvalue weighted by Crippen LogP contribution is -2.31. The molecule has 0 aliphatic carbocycles. The number of hydrogen-bond acceptors (Lipinski definition) is 6. The summed E-state index contributed by atoms with van der Waals surface area (Å²) in [5, 5.41) is 8.20. The Labute approximate surface area is 152 Å². The van der Waals surface area contributed by atoms with E-state index in [1.54, 1.807) is 0 Å². The van der Waals surface area contributed by atoms with Gasteiger partial charge in [-0.15, -0.1) is 11.3 Å². The Morgan fingerprint density at radius 3 is 2.68 bits per heavy atom. The molecule has 0 spiro atoms. The molecular formula is C18H25N5OS. The van der Waals surface area contributed by atoms with Gasteiger partial charge in [0.25, 0.3) is 5.91 Å². The topological polar surface area (TPSA) is 70.2 Å². The quantitative estimate of drug-likeness (QED) is 0.776. The first kappa shape index (κ1) is 17.7. The van der Waals surface area contributed by atoms with E-state index in [0.717, 1.165) is 41.0 Å². The predicted octanol–water partition coefficient (Wildman–Crippen LogP) is 2.99. The maximum Gasteiger partial charge on any atom is 0.261 e. The number of piperidine rings is 1. The van der Waals surface area contributed by atoms with Crippen LogP contribution in [-0.4, -0.2) is 42.1 Å². The molecule has 0 aromatic carbocycles. The smallest absolute Gasteiger partial charge is 0.261 e. The molecule has 2 aromatic rings. The van der Waals surface area contributed by atoms with Gasteiger partial charge in [-0.1, -0.05) is 0 Å². The number of nitrogens with zero attached hydrogens (tertiary/aromatic N) is 3. The van der Waals surface area contributed by atoms with Crippen LogP contribution in [0.2, 0.25) is 0 Å². The van der Waals surface area contributed by atoms with Gasteiger partial charge >= 0.3 is 0 Å². The molecule has 1 aliphatic rings. The Balaban J connectivity index is 1.51. The van der Waals surface area contributed by atoms with Gasteiger partial charge in [-0.05, 0) is 50.1 Å². The first-order chi connectivity index (χ1) is 12.1. The zero-order valence-electron chi connectivity index (χ0n) is 14.8. The van der Waals surface area contributed by atoms with E-state index in [2.05, 4.69) is 25.5 Å². The largest absolute Gasteiger partial charge is 0.368 e. The fraction of sp³-hybridized carbons (Fsp3) is 0.500. The fourth-order valence-corrected chi connectivity index (χ4v) is 3.75.